The van der Waals surface area contributed by atoms with Crippen LogP contribution in [0.1, 0.15) is 24.8 Å². The zero-order chi connectivity index (χ0) is 24.0. The van der Waals surface area contributed by atoms with E-state index in [4.69, 9.17) is 16.3 Å². The van der Waals surface area contributed by atoms with Crippen LogP contribution in [0.2, 0.25) is 5.02 Å². The predicted molar refractivity (Wildman–Crippen MR) is 127 cm³/mol. The third-order valence-electron chi connectivity index (χ3n) is 6.71. The van der Waals surface area contributed by atoms with Gasteiger partial charge in [0.2, 0.25) is 17.7 Å². The number of fused-ring (bicyclic) bond motifs is 1. The van der Waals surface area contributed by atoms with Crippen LogP contribution in [0.5, 0.6) is 5.75 Å². The lowest BCUT2D eigenvalue weighted by atomic mass is 9.85. The smallest absolute Gasteiger partial charge is 0.316 e. The highest BCUT2D eigenvalue weighted by molar-refractivity contribution is 6.31. The Balaban J connectivity index is 1.28. The number of hydrogen-bond acceptors (Lipinski definition) is 5. The van der Waals surface area contributed by atoms with Crippen LogP contribution in [0.25, 0.3) is 0 Å². The molecule has 0 radical (unpaired) electrons. The maximum Gasteiger partial charge on any atom is 0.316 e. The van der Waals surface area contributed by atoms with Crippen molar-refractivity contribution in [3.8, 4) is 5.75 Å². The van der Waals surface area contributed by atoms with Crippen molar-refractivity contribution in [3.63, 3.8) is 0 Å². The summed E-state index contributed by atoms with van der Waals surface area (Å²) in [6.45, 7) is 1.98. The first-order valence-corrected chi connectivity index (χ1v) is 11.6. The lowest BCUT2D eigenvalue weighted by Gasteiger charge is -2.19. The second kappa shape index (κ2) is 8.72. The molecule has 2 fully saturated rings. The van der Waals surface area contributed by atoms with Crippen LogP contribution in [0.15, 0.2) is 54.6 Å². The van der Waals surface area contributed by atoms with Gasteiger partial charge in [0, 0.05) is 23.7 Å². The van der Waals surface area contributed by atoms with Gasteiger partial charge in [0.1, 0.15) is 5.75 Å². The Bertz CT molecular complexity index is 1210. The maximum atomic E-state index is 12.9. The summed E-state index contributed by atoms with van der Waals surface area (Å²) >= 11 is 6.03. The quantitative estimate of drug-likeness (QED) is 0.286. The van der Waals surface area contributed by atoms with Gasteiger partial charge < -0.3 is 9.64 Å². The van der Waals surface area contributed by atoms with Gasteiger partial charge in [-0.1, -0.05) is 29.8 Å². The number of allylic oxidation sites excluding steroid dienone is 2. The summed E-state index contributed by atoms with van der Waals surface area (Å²) in [7, 11) is 0. The number of rotatable bonds is 4. The third-order valence-corrected chi connectivity index (χ3v) is 6.95. The SMILES string of the molecule is Cc1cc(OC(=O)[C@@H]2CC(=O)N(c3cccc(Cl)c3)C2)ccc1N1C(=O)[C@H]2CC=CC[C@H]2C1=O. The molecule has 1 aliphatic carbocycles. The fraction of sp³-hybridized carbons (Fsp3) is 0.308. The van der Waals surface area contributed by atoms with Gasteiger partial charge in [0.05, 0.1) is 23.4 Å². The van der Waals surface area contributed by atoms with Crippen molar-refractivity contribution < 1.29 is 23.9 Å². The molecule has 174 valence electrons. The zero-order valence-corrected chi connectivity index (χ0v) is 19.3. The van der Waals surface area contributed by atoms with Crippen LogP contribution < -0.4 is 14.5 Å². The predicted octanol–water partition coefficient (Wildman–Crippen LogP) is 4.06. The first-order valence-electron chi connectivity index (χ1n) is 11.2. The molecule has 0 bridgehead atoms. The first kappa shape index (κ1) is 22.3. The van der Waals surface area contributed by atoms with Gasteiger partial charge in [-0.2, -0.15) is 0 Å². The average Bonchev–Trinajstić information content (AvgIpc) is 3.32. The number of amides is 3. The second-order valence-electron chi connectivity index (χ2n) is 8.92. The summed E-state index contributed by atoms with van der Waals surface area (Å²) in [6, 6.07) is 11.8. The van der Waals surface area contributed by atoms with Crippen molar-refractivity contribution in [3.05, 3.63) is 65.2 Å². The molecule has 3 atom stereocenters. The Morgan fingerprint density at radius 2 is 1.71 bits per heavy atom. The molecule has 5 rings (SSSR count). The minimum atomic E-state index is -0.608. The van der Waals surface area contributed by atoms with Crippen LogP contribution in [0.4, 0.5) is 11.4 Å². The van der Waals surface area contributed by atoms with Crippen molar-refractivity contribution >= 4 is 46.7 Å². The molecule has 3 amide bonds. The molecular formula is C26H23ClN2O5. The number of hydrogen-bond donors (Lipinski definition) is 0. The number of halogens is 1. The molecule has 0 aromatic heterocycles. The van der Waals surface area contributed by atoms with E-state index < -0.39 is 11.9 Å². The van der Waals surface area contributed by atoms with Crippen LogP contribution in [-0.2, 0) is 19.2 Å². The fourth-order valence-corrected chi connectivity index (χ4v) is 5.12. The Labute approximate surface area is 201 Å². The van der Waals surface area contributed by atoms with E-state index in [1.807, 2.05) is 12.2 Å². The highest BCUT2D eigenvalue weighted by Gasteiger charge is 2.48. The van der Waals surface area contributed by atoms with Crippen LogP contribution in [-0.4, -0.2) is 30.2 Å². The number of carbonyl (C=O) groups excluding carboxylic acids is 4. The Morgan fingerprint density at radius 3 is 2.35 bits per heavy atom. The lowest BCUT2D eigenvalue weighted by molar-refractivity contribution is -0.139. The molecule has 0 unspecified atom stereocenters. The lowest BCUT2D eigenvalue weighted by Crippen LogP contribution is -2.31. The number of nitrogens with zero attached hydrogens (tertiary/aromatic N) is 2. The number of ether oxygens (including phenoxy) is 1. The summed E-state index contributed by atoms with van der Waals surface area (Å²) in [6.07, 6.45) is 5.11. The number of anilines is 2. The normalized spacial score (nSPS) is 24.1. The monoisotopic (exact) mass is 478 g/mol. The molecule has 2 aliphatic heterocycles. The van der Waals surface area contributed by atoms with E-state index in [0.29, 0.717) is 40.6 Å². The molecule has 34 heavy (non-hydrogen) atoms. The van der Waals surface area contributed by atoms with E-state index in [1.54, 1.807) is 49.4 Å². The molecule has 2 aromatic carbocycles. The zero-order valence-electron chi connectivity index (χ0n) is 18.6. The Kier molecular flexibility index (Phi) is 5.73. The summed E-state index contributed by atoms with van der Waals surface area (Å²) in [5, 5.41) is 0.511. The van der Waals surface area contributed by atoms with E-state index in [9.17, 15) is 19.2 Å². The average molecular weight is 479 g/mol. The van der Waals surface area contributed by atoms with E-state index in [0.717, 1.165) is 0 Å². The summed E-state index contributed by atoms with van der Waals surface area (Å²) in [4.78, 5) is 53.8. The van der Waals surface area contributed by atoms with Gasteiger partial charge in [-0.25, -0.2) is 4.90 Å². The van der Waals surface area contributed by atoms with E-state index in [-0.39, 0.29) is 42.5 Å². The van der Waals surface area contributed by atoms with Gasteiger partial charge in [-0.3, -0.25) is 19.2 Å². The molecule has 8 heteroatoms. The summed E-state index contributed by atoms with van der Waals surface area (Å²) in [5.74, 6) is -1.96. The molecule has 0 N–H and O–H groups in total. The Hall–Kier alpha value is -3.45. The minimum Gasteiger partial charge on any atom is -0.426 e. The highest BCUT2D eigenvalue weighted by atomic mass is 35.5. The standard InChI is InChI=1S/C26H23ClN2O5/c1-15-11-19(9-10-22(15)29-24(31)20-7-2-3-8-21(20)25(29)32)34-26(33)16-12-23(30)28(14-16)18-6-4-5-17(27)13-18/h2-6,9-11,13,16,20-21H,7-8,12,14H2,1H3/t16-,20-,21+/m1/s1. The Morgan fingerprint density at radius 1 is 1.00 bits per heavy atom. The van der Waals surface area contributed by atoms with Gasteiger partial charge in [0.15, 0.2) is 0 Å². The molecule has 2 aromatic rings. The van der Waals surface area contributed by atoms with Crippen molar-refractivity contribution in [1.29, 1.82) is 0 Å². The van der Waals surface area contributed by atoms with E-state index in [2.05, 4.69) is 0 Å². The largest absolute Gasteiger partial charge is 0.426 e. The van der Waals surface area contributed by atoms with Gasteiger partial charge in [-0.15, -0.1) is 0 Å². The topological polar surface area (TPSA) is 84.0 Å². The fourth-order valence-electron chi connectivity index (χ4n) is 4.94. The van der Waals surface area contributed by atoms with Crippen LogP contribution in [0.3, 0.4) is 0 Å². The number of esters is 1. The first-order chi connectivity index (χ1) is 16.3. The van der Waals surface area contributed by atoms with Crippen molar-refractivity contribution in [1.82, 2.24) is 0 Å². The molecule has 3 aliphatic rings. The minimum absolute atomic E-state index is 0.0516. The van der Waals surface area contributed by atoms with Crippen molar-refractivity contribution in [2.24, 2.45) is 17.8 Å². The summed E-state index contributed by atoms with van der Waals surface area (Å²) < 4.78 is 5.56. The van der Waals surface area contributed by atoms with Crippen molar-refractivity contribution in [2.45, 2.75) is 26.2 Å². The maximum absolute atomic E-state index is 12.9. The summed E-state index contributed by atoms with van der Waals surface area (Å²) in [5.41, 5.74) is 1.80. The third kappa shape index (κ3) is 3.90. The van der Waals surface area contributed by atoms with Gasteiger partial charge in [0.25, 0.3) is 0 Å². The molecule has 2 heterocycles. The van der Waals surface area contributed by atoms with Crippen LogP contribution in [0, 0.1) is 24.7 Å². The molecule has 2 saturated heterocycles. The highest BCUT2D eigenvalue weighted by Crippen LogP contribution is 2.39. The number of aryl methyl sites for hydroxylation is 1. The van der Waals surface area contributed by atoms with Crippen molar-refractivity contribution in [2.75, 3.05) is 16.3 Å². The van der Waals surface area contributed by atoms with Crippen LogP contribution >= 0.6 is 11.6 Å². The number of benzene rings is 2. The number of imide groups is 1. The second-order valence-corrected chi connectivity index (χ2v) is 9.36. The number of carbonyl (C=O) groups is 4. The molecule has 0 saturated carbocycles. The molecule has 0 spiro atoms. The molecule has 7 nitrogen and oxygen atoms in total. The molecular weight excluding hydrogens is 456 g/mol. The van der Waals surface area contributed by atoms with Gasteiger partial charge >= 0.3 is 5.97 Å². The van der Waals surface area contributed by atoms with E-state index >= 15 is 0 Å². The van der Waals surface area contributed by atoms with E-state index in [1.165, 1.54) is 9.80 Å². The van der Waals surface area contributed by atoms with Gasteiger partial charge in [-0.05, 0) is 61.7 Å².